The molecule has 0 radical (unpaired) electrons. The van der Waals surface area contributed by atoms with Crippen molar-refractivity contribution >= 4 is 22.6 Å². The van der Waals surface area contributed by atoms with Crippen LogP contribution >= 0.6 is 11.6 Å². The highest BCUT2D eigenvalue weighted by Gasteiger charge is 2.59. The average molecular weight is 290 g/mol. The fourth-order valence-corrected chi connectivity index (χ4v) is 2.71. The summed E-state index contributed by atoms with van der Waals surface area (Å²) < 4.78 is 40.2. The number of rotatable bonds is 1. The predicted molar refractivity (Wildman–Crippen MR) is 66.3 cm³/mol. The van der Waals surface area contributed by atoms with Gasteiger partial charge in [0.25, 0.3) is 0 Å². The first-order valence-electron chi connectivity index (χ1n) is 5.86. The second-order valence-corrected chi connectivity index (χ2v) is 5.14. The van der Waals surface area contributed by atoms with Crippen LogP contribution in [0.15, 0.2) is 18.2 Å². The molecule has 0 aliphatic carbocycles. The molecule has 0 bridgehead atoms. The fraction of sp³-hybridized carbons (Fsp3) is 0.417. The molecule has 0 saturated carbocycles. The molecule has 1 aromatic heterocycles. The largest absolute Gasteiger partial charge is 0.402 e. The molecule has 1 aliphatic rings. The molecule has 2 heterocycles. The maximum absolute atomic E-state index is 13.4. The van der Waals surface area contributed by atoms with Gasteiger partial charge in [-0.2, -0.15) is 13.2 Å². The van der Waals surface area contributed by atoms with E-state index in [4.69, 9.17) is 11.6 Å². The lowest BCUT2D eigenvalue weighted by Crippen LogP contribution is -2.45. The molecule has 1 unspecified atom stereocenters. The Bertz CT molecular complexity index is 614. The van der Waals surface area contributed by atoms with Crippen molar-refractivity contribution in [3.63, 3.8) is 0 Å². The zero-order valence-corrected chi connectivity index (χ0v) is 10.6. The van der Waals surface area contributed by atoms with Gasteiger partial charge < -0.3 is 10.3 Å². The van der Waals surface area contributed by atoms with Crippen LogP contribution in [0.2, 0.25) is 5.02 Å². The first-order valence-corrected chi connectivity index (χ1v) is 6.24. The van der Waals surface area contributed by atoms with E-state index < -0.39 is 11.6 Å². The Morgan fingerprint density at radius 3 is 2.68 bits per heavy atom. The molecule has 1 atom stereocenters. The summed E-state index contributed by atoms with van der Waals surface area (Å²) >= 11 is 5.96. The molecular weight excluding hydrogens is 279 g/mol. The number of alkyl halides is 3. The van der Waals surface area contributed by atoms with Gasteiger partial charge in [0.2, 0.25) is 0 Å². The highest BCUT2D eigenvalue weighted by Crippen LogP contribution is 2.44. The van der Waals surface area contributed by atoms with Gasteiger partial charge in [0.05, 0.1) is 10.5 Å². The number of hydrogen-bond acceptors (Lipinski definition) is 2. The monoisotopic (exact) mass is 289 g/mol. The molecule has 102 valence electrons. The van der Waals surface area contributed by atoms with Crippen LogP contribution in [0, 0.1) is 0 Å². The maximum atomic E-state index is 13.4. The Labute approximate surface area is 112 Å². The van der Waals surface area contributed by atoms with Crippen LogP contribution in [-0.4, -0.2) is 29.2 Å². The van der Waals surface area contributed by atoms with Crippen molar-refractivity contribution in [1.82, 2.24) is 15.3 Å². The van der Waals surface area contributed by atoms with Crippen LogP contribution in [0.3, 0.4) is 0 Å². The van der Waals surface area contributed by atoms with E-state index >= 15 is 0 Å². The van der Waals surface area contributed by atoms with Crippen molar-refractivity contribution in [1.29, 1.82) is 0 Å². The van der Waals surface area contributed by atoms with Crippen LogP contribution in [0.5, 0.6) is 0 Å². The lowest BCUT2D eigenvalue weighted by molar-refractivity contribution is -0.186. The number of nitrogens with zero attached hydrogens (tertiary/aromatic N) is 1. The van der Waals surface area contributed by atoms with Crippen LogP contribution in [0.1, 0.15) is 12.2 Å². The van der Waals surface area contributed by atoms with Crippen molar-refractivity contribution in [3.8, 4) is 0 Å². The van der Waals surface area contributed by atoms with E-state index in [1.165, 1.54) is 0 Å². The number of imidazole rings is 1. The first-order chi connectivity index (χ1) is 8.94. The molecule has 2 N–H and O–H groups in total. The van der Waals surface area contributed by atoms with Gasteiger partial charge >= 0.3 is 6.18 Å². The highest BCUT2D eigenvalue weighted by atomic mass is 35.5. The van der Waals surface area contributed by atoms with Crippen molar-refractivity contribution in [2.75, 3.05) is 13.1 Å². The summed E-state index contributed by atoms with van der Waals surface area (Å²) in [6.45, 7) is 0.165. The molecule has 0 amide bonds. The molecule has 1 saturated heterocycles. The zero-order valence-electron chi connectivity index (χ0n) is 9.81. The smallest absolute Gasteiger partial charge is 0.341 e. The molecule has 0 spiro atoms. The predicted octanol–water partition coefficient (Wildman–Crippen LogP) is 3.01. The lowest BCUT2D eigenvalue weighted by atomic mass is 9.85. The second-order valence-electron chi connectivity index (χ2n) is 4.73. The van der Waals surface area contributed by atoms with Crippen molar-refractivity contribution in [2.24, 2.45) is 0 Å². The third-order valence-corrected chi connectivity index (χ3v) is 3.92. The number of para-hydroxylation sites is 1. The minimum atomic E-state index is -4.35. The summed E-state index contributed by atoms with van der Waals surface area (Å²) in [5, 5.41) is 3.11. The highest BCUT2D eigenvalue weighted by molar-refractivity contribution is 6.34. The summed E-state index contributed by atoms with van der Waals surface area (Å²) in [7, 11) is 0. The summed E-state index contributed by atoms with van der Waals surface area (Å²) in [6.07, 6.45) is -4.37. The Balaban J connectivity index is 2.19. The molecule has 19 heavy (non-hydrogen) atoms. The van der Waals surface area contributed by atoms with E-state index in [1.54, 1.807) is 18.2 Å². The quantitative estimate of drug-likeness (QED) is 0.847. The summed E-state index contributed by atoms with van der Waals surface area (Å²) in [5.41, 5.74) is -1.04. The fourth-order valence-electron chi connectivity index (χ4n) is 2.49. The van der Waals surface area contributed by atoms with Gasteiger partial charge in [0.15, 0.2) is 0 Å². The Hall–Kier alpha value is -1.27. The van der Waals surface area contributed by atoms with Crippen LogP contribution in [-0.2, 0) is 5.41 Å². The third-order valence-electron chi connectivity index (χ3n) is 3.61. The van der Waals surface area contributed by atoms with Gasteiger partial charge in [-0.05, 0) is 25.1 Å². The SMILES string of the molecule is FC(F)(F)C1(c2nc3c(Cl)cccc3[nH]2)CCNC1. The van der Waals surface area contributed by atoms with Crippen LogP contribution < -0.4 is 5.32 Å². The molecular formula is C12H11ClF3N3. The van der Waals surface area contributed by atoms with E-state index in [1.807, 2.05) is 0 Å². The van der Waals surface area contributed by atoms with Crippen molar-refractivity contribution < 1.29 is 13.2 Å². The number of H-pyrrole nitrogens is 1. The van der Waals surface area contributed by atoms with Gasteiger partial charge in [-0.15, -0.1) is 0 Å². The van der Waals surface area contributed by atoms with Gasteiger partial charge in [0.1, 0.15) is 16.8 Å². The number of aromatic amines is 1. The van der Waals surface area contributed by atoms with Crippen LogP contribution in [0.4, 0.5) is 13.2 Å². The summed E-state index contributed by atoms with van der Waals surface area (Å²) in [6, 6.07) is 4.96. The number of nitrogens with one attached hydrogen (secondary N) is 2. The Kier molecular flexibility index (Phi) is 2.76. The normalized spacial score (nSPS) is 24.2. The van der Waals surface area contributed by atoms with Crippen LogP contribution in [0.25, 0.3) is 11.0 Å². The van der Waals surface area contributed by atoms with Gasteiger partial charge in [-0.1, -0.05) is 17.7 Å². The van der Waals surface area contributed by atoms with Gasteiger partial charge in [-0.25, -0.2) is 4.98 Å². The molecule has 3 rings (SSSR count). The van der Waals surface area contributed by atoms with Crippen molar-refractivity contribution in [2.45, 2.75) is 18.0 Å². The molecule has 3 nitrogen and oxygen atoms in total. The zero-order chi connectivity index (χ0) is 13.7. The minimum absolute atomic E-state index is 0.0199. The first kappa shape index (κ1) is 12.7. The Morgan fingerprint density at radius 1 is 1.32 bits per heavy atom. The van der Waals surface area contributed by atoms with E-state index in [9.17, 15) is 13.2 Å². The maximum Gasteiger partial charge on any atom is 0.402 e. The second kappa shape index (κ2) is 4.11. The molecule has 1 aliphatic heterocycles. The van der Waals surface area contributed by atoms with Gasteiger partial charge in [0, 0.05) is 6.54 Å². The summed E-state index contributed by atoms with van der Waals surface area (Å²) in [4.78, 5) is 6.86. The van der Waals surface area contributed by atoms with Crippen molar-refractivity contribution in [3.05, 3.63) is 29.0 Å². The number of benzene rings is 1. The van der Waals surface area contributed by atoms with Gasteiger partial charge in [-0.3, -0.25) is 0 Å². The molecule has 7 heteroatoms. The number of hydrogen-bond donors (Lipinski definition) is 2. The lowest BCUT2D eigenvalue weighted by Gasteiger charge is -2.28. The standard InChI is InChI=1S/C12H11ClF3N3/c13-7-2-1-3-8-9(7)19-10(18-8)11(12(14,15)16)4-5-17-6-11/h1-3,17H,4-6H2,(H,18,19). The molecule has 2 aromatic rings. The molecule has 1 aromatic carbocycles. The number of aromatic nitrogens is 2. The topological polar surface area (TPSA) is 40.7 Å². The Morgan fingerprint density at radius 2 is 2.11 bits per heavy atom. The summed E-state index contributed by atoms with van der Waals surface area (Å²) in [5.74, 6) is -0.0619. The number of halogens is 4. The van der Waals surface area contributed by atoms with E-state index in [-0.39, 0.29) is 18.8 Å². The average Bonchev–Trinajstić information content (AvgIpc) is 2.95. The number of fused-ring (bicyclic) bond motifs is 1. The minimum Gasteiger partial charge on any atom is -0.341 e. The molecule has 1 fully saturated rings. The third kappa shape index (κ3) is 1.81. The van der Waals surface area contributed by atoms with E-state index in [0.717, 1.165) is 0 Å². The van der Waals surface area contributed by atoms with E-state index in [2.05, 4.69) is 15.3 Å². The van der Waals surface area contributed by atoms with E-state index in [0.29, 0.717) is 22.6 Å².